The third-order valence-corrected chi connectivity index (χ3v) is 2.65. The number of rotatable bonds is 3. The van der Waals surface area contributed by atoms with Gasteiger partial charge in [0.2, 0.25) is 11.8 Å². The highest BCUT2D eigenvalue weighted by Gasteiger charge is 2.21. The number of amides is 2. The summed E-state index contributed by atoms with van der Waals surface area (Å²) in [6, 6.07) is 6.15. The summed E-state index contributed by atoms with van der Waals surface area (Å²) in [5, 5.41) is 5.77. The van der Waals surface area contributed by atoms with Crippen molar-refractivity contribution in [3.63, 3.8) is 0 Å². The number of carbonyl (C=O) groups is 2. The molecular formula is C12H15N3O3. The molecule has 1 fully saturated rings. The van der Waals surface area contributed by atoms with Crippen LogP contribution in [0.25, 0.3) is 0 Å². The third-order valence-electron chi connectivity index (χ3n) is 2.65. The van der Waals surface area contributed by atoms with Crippen molar-refractivity contribution < 1.29 is 14.3 Å². The number of hydrogen-bond acceptors (Lipinski definition) is 4. The van der Waals surface area contributed by atoms with Gasteiger partial charge in [-0.15, -0.1) is 0 Å². The molecule has 1 heterocycles. The first-order chi connectivity index (χ1) is 8.66. The van der Waals surface area contributed by atoms with Crippen LogP contribution in [0.5, 0.6) is 0 Å². The molecule has 0 bridgehead atoms. The maximum Gasteiger partial charge on any atom is 0.248 e. The molecule has 0 spiro atoms. The van der Waals surface area contributed by atoms with E-state index in [2.05, 4.69) is 10.6 Å². The Labute approximate surface area is 104 Å². The van der Waals surface area contributed by atoms with Crippen molar-refractivity contribution in [3.8, 4) is 0 Å². The number of nitrogens with one attached hydrogen (secondary N) is 2. The van der Waals surface area contributed by atoms with E-state index in [1.165, 1.54) is 0 Å². The van der Waals surface area contributed by atoms with E-state index in [4.69, 9.17) is 10.5 Å². The Hall–Kier alpha value is -1.92. The van der Waals surface area contributed by atoms with E-state index in [-0.39, 0.29) is 11.9 Å². The van der Waals surface area contributed by atoms with Crippen molar-refractivity contribution in [3.05, 3.63) is 29.8 Å². The lowest BCUT2D eigenvalue weighted by Gasteiger charge is -2.22. The van der Waals surface area contributed by atoms with E-state index >= 15 is 0 Å². The predicted octanol–water partition coefficient (Wildman–Crippen LogP) is -0.288. The largest absolute Gasteiger partial charge is 0.378 e. The Bertz CT molecular complexity index is 456. The lowest BCUT2D eigenvalue weighted by Crippen LogP contribution is -2.48. The molecule has 4 N–H and O–H groups in total. The normalized spacial score (nSPS) is 19.2. The molecule has 1 aliphatic heterocycles. The quantitative estimate of drug-likeness (QED) is 0.686. The molecule has 1 aromatic carbocycles. The van der Waals surface area contributed by atoms with Crippen molar-refractivity contribution in [2.24, 2.45) is 5.73 Å². The van der Waals surface area contributed by atoms with Gasteiger partial charge >= 0.3 is 0 Å². The molecule has 1 atom stereocenters. The third kappa shape index (κ3) is 3.06. The van der Waals surface area contributed by atoms with Crippen LogP contribution in [0, 0.1) is 0 Å². The van der Waals surface area contributed by atoms with Crippen LogP contribution in [0.2, 0.25) is 0 Å². The van der Waals surface area contributed by atoms with E-state index in [1.54, 1.807) is 24.3 Å². The summed E-state index contributed by atoms with van der Waals surface area (Å²) in [5.41, 5.74) is 6.08. The van der Waals surface area contributed by atoms with Crippen LogP contribution in [-0.2, 0) is 9.53 Å². The Morgan fingerprint density at radius 3 is 2.94 bits per heavy atom. The summed E-state index contributed by atoms with van der Waals surface area (Å²) in [5.74, 6) is -0.707. The van der Waals surface area contributed by atoms with Gasteiger partial charge in [0.15, 0.2) is 0 Å². The molecule has 0 aliphatic carbocycles. The molecular weight excluding hydrogens is 234 g/mol. The van der Waals surface area contributed by atoms with Crippen LogP contribution in [0.1, 0.15) is 10.4 Å². The van der Waals surface area contributed by atoms with Crippen molar-refractivity contribution >= 4 is 17.5 Å². The van der Waals surface area contributed by atoms with Crippen LogP contribution >= 0.6 is 0 Å². The molecule has 18 heavy (non-hydrogen) atoms. The molecule has 0 radical (unpaired) electrons. The minimum absolute atomic E-state index is 0.184. The van der Waals surface area contributed by atoms with Crippen LogP contribution < -0.4 is 16.4 Å². The summed E-state index contributed by atoms with van der Waals surface area (Å²) in [6.45, 7) is 1.61. The SMILES string of the molecule is NC(=O)c1cccc(NC(=O)C2COCCN2)c1. The first-order valence-corrected chi connectivity index (χ1v) is 5.68. The summed E-state index contributed by atoms with van der Waals surface area (Å²) in [4.78, 5) is 22.9. The standard InChI is InChI=1S/C12H15N3O3/c13-11(16)8-2-1-3-9(6-8)15-12(17)10-7-18-5-4-14-10/h1-3,6,10,14H,4-5,7H2,(H2,13,16)(H,15,17). The topological polar surface area (TPSA) is 93.5 Å². The first kappa shape index (κ1) is 12.5. The molecule has 0 saturated carbocycles. The molecule has 0 aromatic heterocycles. The molecule has 2 rings (SSSR count). The van der Waals surface area contributed by atoms with Gasteiger partial charge in [-0.3, -0.25) is 9.59 Å². The predicted molar refractivity (Wildman–Crippen MR) is 66.2 cm³/mol. The Kier molecular flexibility index (Phi) is 3.91. The smallest absolute Gasteiger partial charge is 0.248 e. The average molecular weight is 249 g/mol. The molecule has 1 saturated heterocycles. The fraction of sp³-hybridized carbons (Fsp3) is 0.333. The van der Waals surface area contributed by atoms with Gasteiger partial charge in [0.05, 0.1) is 13.2 Å². The Morgan fingerprint density at radius 1 is 1.44 bits per heavy atom. The van der Waals surface area contributed by atoms with Crippen molar-refractivity contribution in [1.29, 1.82) is 0 Å². The van der Waals surface area contributed by atoms with Gasteiger partial charge in [0.1, 0.15) is 6.04 Å². The number of nitrogens with two attached hydrogens (primary N) is 1. The highest BCUT2D eigenvalue weighted by atomic mass is 16.5. The number of morpholine rings is 1. The zero-order chi connectivity index (χ0) is 13.0. The van der Waals surface area contributed by atoms with Gasteiger partial charge in [-0.25, -0.2) is 0 Å². The van der Waals surface area contributed by atoms with Crippen molar-refractivity contribution in [2.75, 3.05) is 25.1 Å². The number of primary amides is 1. The molecule has 1 unspecified atom stereocenters. The van der Waals surface area contributed by atoms with E-state index in [1.807, 2.05) is 0 Å². The van der Waals surface area contributed by atoms with Gasteiger partial charge in [-0.05, 0) is 18.2 Å². The maximum absolute atomic E-state index is 11.9. The lowest BCUT2D eigenvalue weighted by molar-refractivity contribution is -0.120. The second kappa shape index (κ2) is 5.61. The fourth-order valence-corrected chi connectivity index (χ4v) is 1.71. The summed E-state index contributed by atoms with van der Waals surface area (Å²) in [6.07, 6.45) is 0. The van der Waals surface area contributed by atoms with Crippen LogP contribution in [0.3, 0.4) is 0 Å². The van der Waals surface area contributed by atoms with Gasteiger partial charge < -0.3 is 21.1 Å². The highest BCUT2D eigenvalue weighted by molar-refractivity contribution is 5.98. The number of carbonyl (C=O) groups excluding carboxylic acids is 2. The van der Waals surface area contributed by atoms with Gasteiger partial charge in [-0.1, -0.05) is 6.07 Å². The number of anilines is 1. The monoisotopic (exact) mass is 249 g/mol. The molecule has 1 aliphatic rings. The molecule has 6 nitrogen and oxygen atoms in total. The lowest BCUT2D eigenvalue weighted by atomic mass is 10.2. The van der Waals surface area contributed by atoms with Crippen LogP contribution in [0.4, 0.5) is 5.69 Å². The van der Waals surface area contributed by atoms with Gasteiger partial charge in [0.25, 0.3) is 0 Å². The van der Waals surface area contributed by atoms with Crippen molar-refractivity contribution in [1.82, 2.24) is 5.32 Å². The summed E-state index contributed by atoms with van der Waals surface area (Å²) >= 11 is 0. The summed E-state index contributed by atoms with van der Waals surface area (Å²) < 4.78 is 5.21. The number of hydrogen-bond donors (Lipinski definition) is 3. The highest BCUT2D eigenvalue weighted by Crippen LogP contribution is 2.11. The zero-order valence-corrected chi connectivity index (χ0v) is 9.81. The van der Waals surface area contributed by atoms with Crippen molar-refractivity contribution in [2.45, 2.75) is 6.04 Å². The van der Waals surface area contributed by atoms with E-state index < -0.39 is 5.91 Å². The minimum Gasteiger partial charge on any atom is -0.378 e. The van der Waals surface area contributed by atoms with Crippen LogP contribution in [0.15, 0.2) is 24.3 Å². The minimum atomic E-state index is -0.523. The molecule has 1 aromatic rings. The second-order valence-electron chi connectivity index (χ2n) is 4.02. The van der Waals surface area contributed by atoms with E-state index in [0.717, 1.165) is 0 Å². The fourth-order valence-electron chi connectivity index (χ4n) is 1.71. The van der Waals surface area contributed by atoms with Gasteiger partial charge in [0, 0.05) is 17.8 Å². The molecule has 96 valence electrons. The Balaban J connectivity index is 2.02. The van der Waals surface area contributed by atoms with E-state index in [0.29, 0.717) is 31.0 Å². The zero-order valence-electron chi connectivity index (χ0n) is 9.81. The average Bonchev–Trinajstić information content (AvgIpc) is 2.40. The number of benzene rings is 1. The molecule has 2 amide bonds. The first-order valence-electron chi connectivity index (χ1n) is 5.68. The maximum atomic E-state index is 11.9. The van der Waals surface area contributed by atoms with E-state index in [9.17, 15) is 9.59 Å². The Morgan fingerprint density at radius 2 is 2.28 bits per heavy atom. The second-order valence-corrected chi connectivity index (χ2v) is 4.02. The van der Waals surface area contributed by atoms with Gasteiger partial charge in [-0.2, -0.15) is 0 Å². The summed E-state index contributed by atoms with van der Waals surface area (Å²) in [7, 11) is 0. The number of ether oxygens (including phenoxy) is 1. The van der Waals surface area contributed by atoms with Crippen LogP contribution in [-0.4, -0.2) is 37.6 Å². The molecule has 6 heteroatoms.